The van der Waals surface area contributed by atoms with Crippen LogP contribution in [0, 0.1) is 5.82 Å². The maximum Gasteiger partial charge on any atom is 0.123 e. The Morgan fingerprint density at radius 1 is 1.12 bits per heavy atom. The summed E-state index contributed by atoms with van der Waals surface area (Å²) in [6.45, 7) is 1.76. The minimum absolute atomic E-state index is 0.224. The predicted octanol–water partition coefficient (Wildman–Crippen LogP) is 2.49. The monoisotopic (exact) mass is 214 g/mol. The van der Waals surface area contributed by atoms with Gasteiger partial charge in [0.1, 0.15) is 5.82 Å². The first kappa shape index (κ1) is 9.48. The number of halogens is 1. The summed E-state index contributed by atoms with van der Waals surface area (Å²) in [5.41, 5.74) is 4.16. The van der Waals surface area contributed by atoms with Crippen LogP contribution in [0.4, 0.5) is 4.39 Å². The van der Waals surface area contributed by atoms with Gasteiger partial charge in [0, 0.05) is 24.8 Å². The minimum Gasteiger partial charge on any atom is -0.309 e. The van der Waals surface area contributed by atoms with E-state index in [1.165, 1.54) is 23.3 Å². The van der Waals surface area contributed by atoms with E-state index in [1.807, 2.05) is 18.3 Å². The molecule has 1 N–H and O–H groups in total. The Morgan fingerprint density at radius 3 is 2.88 bits per heavy atom. The van der Waals surface area contributed by atoms with Gasteiger partial charge >= 0.3 is 0 Å². The molecule has 0 aliphatic carbocycles. The van der Waals surface area contributed by atoms with Gasteiger partial charge in [-0.05, 0) is 29.3 Å². The van der Waals surface area contributed by atoms with Crippen molar-refractivity contribution >= 4 is 0 Å². The SMILES string of the molecule is Fc1cccc(-c2cc3c(cn2)CNC3)c1. The number of pyridine rings is 1. The first-order valence-corrected chi connectivity index (χ1v) is 5.27. The van der Waals surface area contributed by atoms with Crippen molar-refractivity contribution in [3.05, 3.63) is 53.5 Å². The van der Waals surface area contributed by atoms with Gasteiger partial charge in [-0.25, -0.2) is 4.39 Å². The van der Waals surface area contributed by atoms with Crippen LogP contribution < -0.4 is 5.32 Å². The van der Waals surface area contributed by atoms with E-state index in [1.54, 1.807) is 6.07 Å². The third-order valence-electron chi connectivity index (χ3n) is 2.83. The largest absolute Gasteiger partial charge is 0.309 e. The van der Waals surface area contributed by atoms with E-state index in [9.17, 15) is 4.39 Å². The number of fused-ring (bicyclic) bond motifs is 1. The summed E-state index contributed by atoms with van der Waals surface area (Å²) < 4.78 is 13.1. The van der Waals surface area contributed by atoms with Crippen LogP contribution >= 0.6 is 0 Å². The van der Waals surface area contributed by atoms with Crippen LogP contribution in [0.2, 0.25) is 0 Å². The number of hydrogen-bond donors (Lipinski definition) is 1. The summed E-state index contributed by atoms with van der Waals surface area (Å²) in [6, 6.07) is 8.57. The maximum absolute atomic E-state index is 13.1. The fourth-order valence-electron chi connectivity index (χ4n) is 1.99. The molecular formula is C13H11FN2. The van der Waals surface area contributed by atoms with Crippen molar-refractivity contribution in [2.75, 3.05) is 0 Å². The molecule has 1 aromatic heterocycles. The molecule has 0 fully saturated rings. The number of rotatable bonds is 1. The van der Waals surface area contributed by atoms with Crippen LogP contribution in [0.1, 0.15) is 11.1 Å². The van der Waals surface area contributed by atoms with Gasteiger partial charge < -0.3 is 5.32 Å². The predicted molar refractivity (Wildman–Crippen MR) is 60.2 cm³/mol. The van der Waals surface area contributed by atoms with Gasteiger partial charge in [-0.3, -0.25) is 4.98 Å². The van der Waals surface area contributed by atoms with Crippen LogP contribution in [0.5, 0.6) is 0 Å². The Morgan fingerprint density at radius 2 is 2.00 bits per heavy atom. The van der Waals surface area contributed by atoms with Crippen molar-refractivity contribution in [1.82, 2.24) is 10.3 Å². The Balaban J connectivity index is 2.07. The summed E-state index contributed by atoms with van der Waals surface area (Å²) in [6.07, 6.45) is 1.87. The summed E-state index contributed by atoms with van der Waals surface area (Å²) in [5.74, 6) is -0.224. The van der Waals surface area contributed by atoms with Crippen LogP contribution in [0.15, 0.2) is 36.5 Å². The smallest absolute Gasteiger partial charge is 0.123 e. The molecule has 2 heterocycles. The first-order valence-electron chi connectivity index (χ1n) is 5.27. The van der Waals surface area contributed by atoms with Crippen molar-refractivity contribution in [3.8, 4) is 11.3 Å². The van der Waals surface area contributed by atoms with Crippen molar-refractivity contribution in [2.24, 2.45) is 0 Å². The second-order valence-corrected chi connectivity index (χ2v) is 3.95. The molecule has 1 aliphatic rings. The normalized spacial score (nSPS) is 13.8. The van der Waals surface area contributed by atoms with Gasteiger partial charge in [0.25, 0.3) is 0 Å². The quantitative estimate of drug-likeness (QED) is 0.788. The average Bonchev–Trinajstić information content (AvgIpc) is 2.75. The zero-order valence-electron chi connectivity index (χ0n) is 8.70. The maximum atomic E-state index is 13.1. The van der Waals surface area contributed by atoms with Gasteiger partial charge in [0.15, 0.2) is 0 Å². The fourth-order valence-corrected chi connectivity index (χ4v) is 1.99. The molecule has 1 aliphatic heterocycles. The van der Waals surface area contributed by atoms with Crippen LogP contribution in [-0.4, -0.2) is 4.98 Å². The highest BCUT2D eigenvalue weighted by molar-refractivity contribution is 5.60. The molecular weight excluding hydrogens is 203 g/mol. The molecule has 0 saturated carbocycles. The van der Waals surface area contributed by atoms with E-state index in [2.05, 4.69) is 10.3 Å². The zero-order valence-corrected chi connectivity index (χ0v) is 8.70. The van der Waals surface area contributed by atoms with Crippen molar-refractivity contribution in [3.63, 3.8) is 0 Å². The molecule has 0 spiro atoms. The molecule has 0 atom stereocenters. The van der Waals surface area contributed by atoms with Crippen LogP contribution in [-0.2, 0) is 13.1 Å². The third-order valence-corrected chi connectivity index (χ3v) is 2.83. The van der Waals surface area contributed by atoms with E-state index >= 15 is 0 Å². The summed E-state index contributed by atoms with van der Waals surface area (Å²) in [5, 5.41) is 3.26. The summed E-state index contributed by atoms with van der Waals surface area (Å²) in [4.78, 5) is 4.36. The van der Waals surface area contributed by atoms with E-state index in [4.69, 9.17) is 0 Å². The summed E-state index contributed by atoms with van der Waals surface area (Å²) >= 11 is 0. The van der Waals surface area contributed by atoms with Crippen molar-refractivity contribution < 1.29 is 4.39 Å². The second kappa shape index (κ2) is 3.68. The number of nitrogens with one attached hydrogen (secondary N) is 1. The molecule has 0 saturated heterocycles. The molecule has 3 heteroatoms. The molecule has 80 valence electrons. The number of hydrogen-bond acceptors (Lipinski definition) is 2. The second-order valence-electron chi connectivity index (χ2n) is 3.95. The molecule has 0 radical (unpaired) electrons. The molecule has 0 unspecified atom stereocenters. The van der Waals surface area contributed by atoms with E-state index < -0.39 is 0 Å². The highest BCUT2D eigenvalue weighted by Crippen LogP contribution is 2.22. The Bertz CT molecular complexity index is 537. The first-order chi connectivity index (χ1) is 7.83. The molecule has 0 bridgehead atoms. The van der Waals surface area contributed by atoms with Gasteiger partial charge in [-0.2, -0.15) is 0 Å². The standard InChI is InChI=1S/C13H11FN2/c14-12-3-1-2-9(4-12)13-5-10-6-15-7-11(10)8-16-13/h1-5,8,15H,6-7H2. The highest BCUT2D eigenvalue weighted by Gasteiger charge is 2.11. The highest BCUT2D eigenvalue weighted by atomic mass is 19.1. The van der Waals surface area contributed by atoms with Gasteiger partial charge in [0.05, 0.1) is 5.69 Å². The van der Waals surface area contributed by atoms with Gasteiger partial charge in [-0.15, -0.1) is 0 Å². The lowest BCUT2D eigenvalue weighted by atomic mass is 10.1. The van der Waals surface area contributed by atoms with E-state index in [0.717, 1.165) is 24.3 Å². The molecule has 2 nitrogen and oxygen atoms in total. The number of benzene rings is 1. The lowest BCUT2D eigenvalue weighted by Gasteiger charge is -2.03. The molecule has 0 amide bonds. The average molecular weight is 214 g/mol. The van der Waals surface area contributed by atoms with Gasteiger partial charge in [-0.1, -0.05) is 12.1 Å². The van der Waals surface area contributed by atoms with Crippen molar-refractivity contribution in [2.45, 2.75) is 13.1 Å². The molecule has 3 rings (SSSR count). The lowest BCUT2D eigenvalue weighted by molar-refractivity contribution is 0.628. The van der Waals surface area contributed by atoms with Crippen molar-refractivity contribution in [1.29, 1.82) is 0 Å². The van der Waals surface area contributed by atoms with Crippen LogP contribution in [0.25, 0.3) is 11.3 Å². The number of aromatic nitrogens is 1. The third kappa shape index (κ3) is 1.59. The fraction of sp³-hybridized carbons (Fsp3) is 0.154. The Hall–Kier alpha value is -1.74. The zero-order chi connectivity index (χ0) is 11.0. The van der Waals surface area contributed by atoms with E-state index in [0.29, 0.717) is 0 Å². The topological polar surface area (TPSA) is 24.9 Å². The minimum atomic E-state index is -0.224. The van der Waals surface area contributed by atoms with Gasteiger partial charge in [0.2, 0.25) is 0 Å². The summed E-state index contributed by atoms with van der Waals surface area (Å²) in [7, 11) is 0. The molecule has 2 aromatic rings. The Kier molecular flexibility index (Phi) is 2.18. The lowest BCUT2D eigenvalue weighted by Crippen LogP contribution is -1.99. The number of nitrogens with zero attached hydrogens (tertiary/aromatic N) is 1. The molecule has 1 aromatic carbocycles. The molecule has 16 heavy (non-hydrogen) atoms. The Labute approximate surface area is 93.1 Å². The van der Waals surface area contributed by atoms with Crippen LogP contribution in [0.3, 0.4) is 0 Å². The van der Waals surface area contributed by atoms with E-state index in [-0.39, 0.29) is 5.82 Å².